The number of amides is 1. The maximum Gasteiger partial charge on any atom is 0.260 e. The highest BCUT2D eigenvalue weighted by atomic mass is 32.1. The van der Waals surface area contributed by atoms with Crippen molar-refractivity contribution < 1.29 is 4.79 Å². The quantitative estimate of drug-likeness (QED) is 0.936. The van der Waals surface area contributed by atoms with Crippen LogP contribution in [0.5, 0.6) is 0 Å². The van der Waals surface area contributed by atoms with E-state index in [9.17, 15) is 9.59 Å². The van der Waals surface area contributed by atoms with Gasteiger partial charge in [-0.1, -0.05) is 6.07 Å². The van der Waals surface area contributed by atoms with Crippen LogP contribution in [0.2, 0.25) is 0 Å². The van der Waals surface area contributed by atoms with Crippen molar-refractivity contribution in [1.82, 2.24) is 9.88 Å². The fourth-order valence-corrected chi connectivity index (χ4v) is 2.65. The van der Waals surface area contributed by atoms with Gasteiger partial charge in [0.25, 0.3) is 11.5 Å². The Bertz CT molecular complexity index is 631. The predicted molar refractivity (Wildman–Crippen MR) is 76.6 cm³/mol. The van der Waals surface area contributed by atoms with Crippen molar-refractivity contribution in [2.75, 3.05) is 7.05 Å². The average molecular weight is 276 g/mol. The summed E-state index contributed by atoms with van der Waals surface area (Å²) < 4.78 is 0. The summed E-state index contributed by atoms with van der Waals surface area (Å²) in [6.07, 6.45) is 0. The molecule has 19 heavy (non-hydrogen) atoms. The Hall–Kier alpha value is -1.88. The molecule has 2 rings (SSSR count). The van der Waals surface area contributed by atoms with Crippen molar-refractivity contribution in [2.45, 2.75) is 19.9 Å². The van der Waals surface area contributed by atoms with Gasteiger partial charge in [0.15, 0.2) is 0 Å². The first-order chi connectivity index (χ1) is 9.00. The highest BCUT2D eigenvalue weighted by molar-refractivity contribution is 7.10. The monoisotopic (exact) mass is 276 g/mol. The lowest BCUT2D eigenvalue weighted by atomic mass is 10.2. The molecule has 4 nitrogen and oxygen atoms in total. The predicted octanol–water partition coefficient (Wildman–Crippen LogP) is 2.58. The summed E-state index contributed by atoms with van der Waals surface area (Å²) in [6.45, 7) is 3.74. The molecule has 5 heteroatoms. The van der Waals surface area contributed by atoms with Gasteiger partial charge in [0, 0.05) is 17.6 Å². The molecular weight excluding hydrogens is 260 g/mol. The fourth-order valence-electron chi connectivity index (χ4n) is 1.83. The SMILES string of the molecule is Cc1ccc(C(=O)N(C)[C@H](C)c2cccs2)c(=O)[nH]1. The van der Waals surface area contributed by atoms with E-state index in [0.29, 0.717) is 0 Å². The first-order valence-electron chi connectivity index (χ1n) is 6.01. The van der Waals surface area contributed by atoms with E-state index in [1.165, 1.54) is 0 Å². The van der Waals surface area contributed by atoms with Crippen LogP contribution < -0.4 is 5.56 Å². The van der Waals surface area contributed by atoms with Gasteiger partial charge in [0.05, 0.1) is 6.04 Å². The molecule has 0 spiro atoms. The number of H-pyrrole nitrogens is 1. The second kappa shape index (κ2) is 5.40. The number of rotatable bonds is 3. The molecule has 100 valence electrons. The molecule has 0 saturated carbocycles. The summed E-state index contributed by atoms with van der Waals surface area (Å²) in [5, 5.41) is 1.98. The molecule has 1 atom stereocenters. The number of thiophene rings is 1. The minimum absolute atomic E-state index is 0.0480. The van der Waals surface area contributed by atoms with Gasteiger partial charge in [0.2, 0.25) is 0 Å². The summed E-state index contributed by atoms with van der Waals surface area (Å²) in [5.74, 6) is -0.262. The Balaban J connectivity index is 2.26. The van der Waals surface area contributed by atoms with Crippen molar-refractivity contribution >= 4 is 17.2 Å². The van der Waals surface area contributed by atoms with Crippen molar-refractivity contribution in [2.24, 2.45) is 0 Å². The van der Waals surface area contributed by atoms with Crippen LogP contribution in [0.4, 0.5) is 0 Å². The molecular formula is C14H16N2O2S. The standard InChI is InChI=1S/C14H16N2O2S/c1-9-6-7-11(13(17)15-9)14(18)16(3)10(2)12-5-4-8-19-12/h4-8,10H,1-3H3,(H,15,17)/t10-/m1/s1. The summed E-state index contributed by atoms with van der Waals surface area (Å²) in [7, 11) is 1.71. The Morgan fingerprint density at radius 1 is 1.37 bits per heavy atom. The van der Waals surface area contributed by atoms with Crippen LogP contribution in [0.1, 0.15) is 33.9 Å². The number of aromatic amines is 1. The van der Waals surface area contributed by atoms with E-state index in [2.05, 4.69) is 4.98 Å². The number of hydrogen-bond donors (Lipinski definition) is 1. The number of nitrogens with one attached hydrogen (secondary N) is 1. The van der Waals surface area contributed by atoms with Crippen LogP contribution in [-0.2, 0) is 0 Å². The number of aryl methyl sites for hydroxylation is 1. The normalized spacial score (nSPS) is 12.2. The van der Waals surface area contributed by atoms with Gasteiger partial charge < -0.3 is 9.88 Å². The van der Waals surface area contributed by atoms with Gasteiger partial charge in [0.1, 0.15) is 5.56 Å². The Morgan fingerprint density at radius 2 is 2.11 bits per heavy atom. The van der Waals surface area contributed by atoms with Crippen LogP contribution >= 0.6 is 11.3 Å². The Morgan fingerprint density at radius 3 is 2.68 bits per heavy atom. The van der Waals surface area contributed by atoms with Crippen LogP contribution in [-0.4, -0.2) is 22.8 Å². The minimum atomic E-state index is -0.338. The van der Waals surface area contributed by atoms with Gasteiger partial charge in [-0.05, 0) is 37.4 Å². The van der Waals surface area contributed by atoms with E-state index in [-0.39, 0.29) is 23.1 Å². The van der Waals surface area contributed by atoms with Crippen LogP contribution in [0, 0.1) is 6.92 Å². The molecule has 1 amide bonds. The zero-order valence-corrected chi connectivity index (χ0v) is 12.0. The zero-order valence-electron chi connectivity index (χ0n) is 11.1. The topological polar surface area (TPSA) is 53.2 Å². The first kappa shape index (κ1) is 13.5. The highest BCUT2D eigenvalue weighted by Crippen LogP contribution is 2.24. The summed E-state index contributed by atoms with van der Waals surface area (Å²) >= 11 is 1.60. The minimum Gasteiger partial charge on any atom is -0.334 e. The molecule has 2 aromatic heterocycles. The lowest BCUT2D eigenvalue weighted by molar-refractivity contribution is 0.0743. The molecule has 2 aromatic rings. The Kier molecular flexibility index (Phi) is 3.85. The van der Waals surface area contributed by atoms with Gasteiger partial charge in [-0.3, -0.25) is 9.59 Å². The first-order valence-corrected chi connectivity index (χ1v) is 6.89. The summed E-state index contributed by atoms with van der Waals surface area (Å²) in [5.41, 5.74) is 0.585. The Labute approximate surface area is 115 Å². The van der Waals surface area contributed by atoms with Crippen molar-refractivity contribution in [3.05, 3.63) is 56.1 Å². The van der Waals surface area contributed by atoms with Gasteiger partial charge in [-0.25, -0.2) is 0 Å². The van der Waals surface area contributed by atoms with E-state index in [1.807, 2.05) is 24.4 Å². The maximum atomic E-state index is 12.3. The van der Waals surface area contributed by atoms with E-state index in [4.69, 9.17) is 0 Å². The number of carbonyl (C=O) groups excluding carboxylic acids is 1. The number of pyridine rings is 1. The molecule has 0 aliphatic rings. The molecule has 0 aliphatic carbocycles. The largest absolute Gasteiger partial charge is 0.334 e. The number of carbonyl (C=O) groups is 1. The van der Waals surface area contributed by atoms with E-state index >= 15 is 0 Å². The summed E-state index contributed by atoms with van der Waals surface area (Å²) in [6, 6.07) is 7.20. The third kappa shape index (κ3) is 2.76. The lowest BCUT2D eigenvalue weighted by Crippen LogP contribution is -2.33. The van der Waals surface area contributed by atoms with Gasteiger partial charge in [-0.15, -0.1) is 11.3 Å². The lowest BCUT2D eigenvalue weighted by Gasteiger charge is -2.23. The molecule has 0 saturated heterocycles. The van der Waals surface area contributed by atoms with Gasteiger partial charge >= 0.3 is 0 Å². The highest BCUT2D eigenvalue weighted by Gasteiger charge is 2.21. The summed E-state index contributed by atoms with van der Waals surface area (Å²) in [4.78, 5) is 29.5. The molecule has 2 heterocycles. The molecule has 0 unspecified atom stereocenters. The zero-order chi connectivity index (χ0) is 14.0. The van der Waals surface area contributed by atoms with Crippen LogP contribution in [0.3, 0.4) is 0 Å². The van der Waals surface area contributed by atoms with E-state index < -0.39 is 0 Å². The number of hydrogen-bond acceptors (Lipinski definition) is 3. The van der Waals surface area contributed by atoms with E-state index in [1.54, 1.807) is 42.3 Å². The smallest absolute Gasteiger partial charge is 0.260 e. The number of aromatic nitrogens is 1. The molecule has 0 fully saturated rings. The maximum absolute atomic E-state index is 12.3. The average Bonchev–Trinajstić information content (AvgIpc) is 2.90. The van der Waals surface area contributed by atoms with Gasteiger partial charge in [-0.2, -0.15) is 0 Å². The van der Waals surface area contributed by atoms with Crippen molar-refractivity contribution in [3.8, 4) is 0 Å². The third-order valence-electron chi connectivity index (χ3n) is 3.14. The number of nitrogens with zero attached hydrogens (tertiary/aromatic N) is 1. The van der Waals surface area contributed by atoms with E-state index in [0.717, 1.165) is 10.6 Å². The van der Waals surface area contributed by atoms with Crippen LogP contribution in [0.15, 0.2) is 34.4 Å². The molecule has 0 radical (unpaired) electrons. The van der Waals surface area contributed by atoms with Crippen molar-refractivity contribution in [3.63, 3.8) is 0 Å². The molecule has 1 N–H and O–H groups in total. The second-order valence-corrected chi connectivity index (χ2v) is 5.47. The molecule has 0 bridgehead atoms. The third-order valence-corrected chi connectivity index (χ3v) is 4.18. The van der Waals surface area contributed by atoms with Crippen molar-refractivity contribution in [1.29, 1.82) is 0 Å². The molecule has 0 aliphatic heterocycles. The molecule has 0 aromatic carbocycles. The second-order valence-electron chi connectivity index (χ2n) is 4.49. The van der Waals surface area contributed by atoms with Crippen LogP contribution in [0.25, 0.3) is 0 Å². The fraction of sp³-hybridized carbons (Fsp3) is 0.286.